The molecule has 20 heavy (non-hydrogen) atoms. The van der Waals surface area contributed by atoms with E-state index in [9.17, 15) is 18.0 Å². The fourth-order valence-electron chi connectivity index (χ4n) is 1.98. The zero-order chi connectivity index (χ0) is 15.3. The van der Waals surface area contributed by atoms with Crippen LogP contribution < -0.4 is 0 Å². The molecule has 1 fully saturated rings. The molecule has 0 radical (unpaired) electrons. The lowest BCUT2D eigenvalue weighted by atomic mass is 10.2. The van der Waals surface area contributed by atoms with Crippen LogP contribution in [0.2, 0.25) is 0 Å². The fourth-order valence-corrected chi connectivity index (χ4v) is 5.56. The third kappa shape index (κ3) is 5.32. The Bertz CT molecular complexity index is 462. The SMILES string of the molecule is COC(=O)C(C)CN(C)C(=O)CSC1CCS(=O)(=O)C1. The zero-order valence-electron chi connectivity index (χ0n) is 12.0. The average molecular weight is 323 g/mol. The molecule has 1 amide bonds. The second-order valence-corrected chi connectivity index (χ2v) is 8.55. The normalized spacial score (nSPS) is 22.2. The summed E-state index contributed by atoms with van der Waals surface area (Å²) in [4.78, 5) is 24.7. The Morgan fingerprint density at radius 3 is 2.60 bits per heavy atom. The summed E-state index contributed by atoms with van der Waals surface area (Å²) in [5.74, 6) is -0.202. The molecule has 1 aliphatic heterocycles. The Labute approximate surface area is 124 Å². The van der Waals surface area contributed by atoms with E-state index in [0.29, 0.717) is 13.0 Å². The summed E-state index contributed by atoms with van der Waals surface area (Å²) in [7, 11) is 0.0450. The summed E-state index contributed by atoms with van der Waals surface area (Å²) in [6, 6.07) is 0. The van der Waals surface area contributed by atoms with Crippen LogP contribution in [0.5, 0.6) is 0 Å². The number of amides is 1. The van der Waals surface area contributed by atoms with Gasteiger partial charge in [-0.15, -0.1) is 11.8 Å². The lowest BCUT2D eigenvalue weighted by Gasteiger charge is -2.20. The molecule has 1 saturated heterocycles. The third-order valence-corrected chi connectivity index (χ3v) is 6.48. The van der Waals surface area contributed by atoms with Gasteiger partial charge in [-0.2, -0.15) is 0 Å². The summed E-state index contributed by atoms with van der Waals surface area (Å²) < 4.78 is 27.2. The minimum Gasteiger partial charge on any atom is -0.469 e. The van der Waals surface area contributed by atoms with Crippen molar-refractivity contribution in [2.24, 2.45) is 5.92 Å². The maximum absolute atomic E-state index is 11.9. The highest BCUT2D eigenvalue weighted by atomic mass is 32.2. The van der Waals surface area contributed by atoms with E-state index >= 15 is 0 Å². The number of esters is 1. The van der Waals surface area contributed by atoms with Crippen LogP contribution in [-0.4, -0.2) is 68.4 Å². The van der Waals surface area contributed by atoms with Crippen molar-refractivity contribution in [1.82, 2.24) is 4.90 Å². The molecular formula is C12H21NO5S2. The number of rotatable bonds is 6. The van der Waals surface area contributed by atoms with E-state index in [0.717, 1.165) is 0 Å². The Morgan fingerprint density at radius 2 is 2.10 bits per heavy atom. The van der Waals surface area contributed by atoms with Crippen LogP contribution in [0.25, 0.3) is 0 Å². The molecule has 0 aromatic rings. The Balaban J connectivity index is 2.34. The van der Waals surface area contributed by atoms with Crippen molar-refractivity contribution in [3.63, 3.8) is 0 Å². The lowest BCUT2D eigenvalue weighted by Crippen LogP contribution is -2.35. The molecule has 0 aromatic carbocycles. The summed E-state index contributed by atoms with van der Waals surface area (Å²) in [6.07, 6.45) is 0.614. The Kier molecular flexibility index (Phi) is 6.32. The summed E-state index contributed by atoms with van der Waals surface area (Å²) >= 11 is 1.38. The minimum atomic E-state index is -2.90. The number of carbonyl (C=O) groups is 2. The van der Waals surface area contributed by atoms with E-state index in [2.05, 4.69) is 4.74 Å². The standard InChI is InChI=1S/C12H21NO5S2/c1-9(12(15)18-3)6-13(2)11(14)7-19-10-4-5-20(16,17)8-10/h9-10H,4-8H2,1-3H3. The second-order valence-electron chi connectivity index (χ2n) is 5.03. The molecule has 116 valence electrons. The van der Waals surface area contributed by atoms with Gasteiger partial charge >= 0.3 is 5.97 Å². The highest BCUT2D eigenvalue weighted by molar-refractivity contribution is 8.02. The number of nitrogens with zero attached hydrogens (tertiary/aromatic N) is 1. The van der Waals surface area contributed by atoms with E-state index in [4.69, 9.17) is 0 Å². The van der Waals surface area contributed by atoms with Gasteiger partial charge in [-0.3, -0.25) is 9.59 Å². The van der Waals surface area contributed by atoms with Crippen LogP contribution in [0.1, 0.15) is 13.3 Å². The van der Waals surface area contributed by atoms with E-state index in [1.165, 1.54) is 23.8 Å². The molecule has 2 atom stereocenters. The summed E-state index contributed by atoms with van der Waals surface area (Å²) in [5.41, 5.74) is 0. The first-order valence-electron chi connectivity index (χ1n) is 6.39. The first kappa shape index (κ1) is 17.3. The topological polar surface area (TPSA) is 80.8 Å². The Hall–Kier alpha value is -0.760. The van der Waals surface area contributed by atoms with Crippen LogP contribution in [0.4, 0.5) is 0 Å². The number of hydrogen-bond donors (Lipinski definition) is 0. The first-order valence-corrected chi connectivity index (χ1v) is 9.26. The molecular weight excluding hydrogens is 302 g/mol. The lowest BCUT2D eigenvalue weighted by molar-refractivity contribution is -0.145. The summed E-state index contributed by atoms with van der Waals surface area (Å²) in [6.45, 7) is 2.00. The number of hydrogen-bond acceptors (Lipinski definition) is 6. The van der Waals surface area contributed by atoms with E-state index < -0.39 is 9.84 Å². The first-order chi connectivity index (χ1) is 9.25. The van der Waals surface area contributed by atoms with Gasteiger partial charge in [0.15, 0.2) is 9.84 Å². The molecule has 0 saturated carbocycles. The minimum absolute atomic E-state index is 0.00961. The molecule has 1 aliphatic rings. The van der Waals surface area contributed by atoms with Gasteiger partial charge in [0.2, 0.25) is 5.91 Å². The fraction of sp³-hybridized carbons (Fsp3) is 0.833. The quantitative estimate of drug-likeness (QED) is 0.649. The monoisotopic (exact) mass is 323 g/mol. The molecule has 0 bridgehead atoms. The number of thioether (sulfide) groups is 1. The molecule has 0 N–H and O–H groups in total. The van der Waals surface area contributed by atoms with Crippen LogP contribution in [-0.2, 0) is 24.2 Å². The van der Waals surface area contributed by atoms with Crippen molar-refractivity contribution >= 4 is 33.5 Å². The van der Waals surface area contributed by atoms with Gasteiger partial charge < -0.3 is 9.64 Å². The molecule has 0 aromatic heterocycles. The van der Waals surface area contributed by atoms with Gasteiger partial charge in [-0.1, -0.05) is 6.92 Å². The molecule has 6 nitrogen and oxygen atoms in total. The highest BCUT2D eigenvalue weighted by Crippen LogP contribution is 2.24. The summed E-state index contributed by atoms with van der Waals surface area (Å²) in [5, 5.41) is 0.00961. The van der Waals surface area contributed by atoms with Crippen LogP contribution in [0, 0.1) is 5.92 Å². The number of sulfone groups is 1. The maximum Gasteiger partial charge on any atom is 0.310 e. The van der Waals surface area contributed by atoms with Crippen LogP contribution >= 0.6 is 11.8 Å². The Morgan fingerprint density at radius 1 is 1.45 bits per heavy atom. The van der Waals surface area contributed by atoms with Crippen molar-refractivity contribution in [2.45, 2.75) is 18.6 Å². The van der Waals surface area contributed by atoms with E-state index in [-0.39, 0.29) is 40.3 Å². The molecule has 0 aliphatic carbocycles. The molecule has 1 heterocycles. The van der Waals surface area contributed by atoms with Crippen molar-refractivity contribution in [1.29, 1.82) is 0 Å². The maximum atomic E-state index is 11.9. The highest BCUT2D eigenvalue weighted by Gasteiger charge is 2.29. The van der Waals surface area contributed by atoms with Gasteiger partial charge in [-0.25, -0.2) is 8.42 Å². The molecule has 2 unspecified atom stereocenters. The van der Waals surface area contributed by atoms with E-state index in [1.807, 2.05) is 0 Å². The number of carbonyl (C=O) groups excluding carboxylic acids is 2. The van der Waals surface area contributed by atoms with Crippen molar-refractivity contribution in [2.75, 3.05) is 38.0 Å². The molecule has 8 heteroatoms. The predicted molar refractivity (Wildman–Crippen MR) is 78.3 cm³/mol. The average Bonchev–Trinajstić information content (AvgIpc) is 2.74. The molecule has 1 rings (SSSR count). The van der Waals surface area contributed by atoms with Crippen molar-refractivity contribution in [3.8, 4) is 0 Å². The third-order valence-electron chi connectivity index (χ3n) is 3.21. The van der Waals surface area contributed by atoms with Gasteiger partial charge in [0.25, 0.3) is 0 Å². The molecule has 0 spiro atoms. The van der Waals surface area contributed by atoms with Gasteiger partial charge in [0.05, 0.1) is 30.3 Å². The second kappa shape index (κ2) is 7.31. The van der Waals surface area contributed by atoms with Crippen LogP contribution in [0.15, 0.2) is 0 Å². The number of methoxy groups -OCH3 is 1. The smallest absolute Gasteiger partial charge is 0.310 e. The van der Waals surface area contributed by atoms with Gasteiger partial charge in [0, 0.05) is 18.8 Å². The zero-order valence-corrected chi connectivity index (χ0v) is 13.6. The number of ether oxygens (including phenoxy) is 1. The van der Waals surface area contributed by atoms with Gasteiger partial charge in [0.1, 0.15) is 0 Å². The van der Waals surface area contributed by atoms with E-state index in [1.54, 1.807) is 14.0 Å². The van der Waals surface area contributed by atoms with Crippen LogP contribution in [0.3, 0.4) is 0 Å². The van der Waals surface area contributed by atoms with Crippen molar-refractivity contribution in [3.05, 3.63) is 0 Å². The predicted octanol–water partition coefficient (Wildman–Crippen LogP) is 0.174. The van der Waals surface area contributed by atoms with Gasteiger partial charge in [-0.05, 0) is 6.42 Å². The largest absolute Gasteiger partial charge is 0.469 e. The van der Waals surface area contributed by atoms with Crippen molar-refractivity contribution < 1.29 is 22.7 Å².